The summed E-state index contributed by atoms with van der Waals surface area (Å²) in [6.45, 7) is 7.39. The van der Waals surface area contributed by atoms with E-state index < -0.39 is 5.60 Å². The van der Waals surface area contributed by atoms with E-state index in [0.29, 0.717) is 32.5 Å². The van der Waals surface area contributed by atoms with Crippen LogP contribution in [0.3, 0.4) is 0 Å². The summed E-state index contributed by atoms with van der Waals surface area (Å²) in [5.41, 5.74) is 6.29. The van der Waals surface area contributed by atoms with E-state index in [1.807, 2.05) is 51.1 Å². The maximum Gasteiger partial charge on any atom is 0.410 e. The Labute approximate surface area is 166 Å². The molecule has 154 valence electrons. The number of nitrogens with two attached hydrogens (primary N) is 1. The standard InChI is InChI=1S/C21H31N3O4/c1-20(2,3)28-18(25)23-11-9-21(10-12-23)13-17(22)14-24(21)19(26)27-15-16-7-5-4-6-8-16/h4-8,17H,9-15,22H2,1-3H3. The van der Waals surface area contributed by atoms with Crippen LogP contribution in [0.2, 0.25) is 0 Å². The third-order valence-electron chi connectivity index (χ3n) is 5.40. The number of likely N-dealkylation sites (tertiary alicyclic amines) is 2. The molecule has 2 fully saturated rings. The largest absolute Gasteiger partial charge is 0.445 e. The van der Waals surface area contributed by atoms with E-state index in [9.17, 15) is 9.59 Å². The molecule has 2 N–H and O–H groups in total. The number of ether oxygens (including phenoxy) is 2. The molecule has 1 aromatic carbocycles. The first-order valence-electron chi connectivity index (χ1n) is 9.90. The highest BCUT2D eigenvalue weighted by atomic mass is 16.6. The summed E-state index contributed by atoms with van der Waals surface area (Å²) >= 11 is 0. The van der Waals surface area contributed by atoms with Crippen LogP contribution in [0.4, 0.5) is 9.59 Å². The van der Waals surface area contributed by atoms with Gasteiger partial charge in [-0.15, -0.1) is 0 Å². The van der Waals surface area contributed by atoms with Crippen LogP contribution >= 0.6 is 0 Å². The molecule has 2 aliphatic rings. The number of amides is 2. The third kappa shape index (κ3) is 4.76. The van der Waals surface area contributed by atoms with Crippen LogP contribution in [-0.2, 0) is 16.1 Å². The maximum absolute atomic E-state index is 12.8. The van der Waals surface area contributed by atoms with Gasteiger partial charge in [-0.05, 0) is 45.6 Å². The second-order valence-electron chi connectivity index (χ2n) is 8.81. The molecule has 2 amide bonds. The van der Waals surface area contributed by atoms with E-state index in [4.69, 9.17) is 15.2 Å². The number of carbonyl (C=O) groups excluding carboxylic acids is 2. The topological polar surface area (TPSA) is 85.1 Å². The monoisotopic (exact) mass is 389 g/mol. The molecule has 1 aromatic rings. The van der Waals surface area contributed by atoms with Crippen LogP contribution in [0.15, 0.2) is 30.3 Å². The highest BCUT2D eigenvalue weighted by molar-refractivity contribution is 5.70. The molecule has 1 atom stereocenters. The molecule has 7 heteroatoms. The fourth-order valence-electron chi connectivity index (χ4n) is 4.06. The summed E-state index contributed by atoms with van der Waals surface area (Å²) in [5, 5.41) is 0. The van der Waals surface area contributed by atoms with Crippen LogP contribution in [0.25, 0.3) is 0 Å². The van der Waals surface area contributed by atoms with Gasteiger partial charge >= 0.3 is 12.2 Å². The molecular weight excluding hydrogens is 358 g/mol. The number of nitrogens with zero attached hydrogens (tertiary/aromatic N) is 2. The third-order valence-corrected chi connectivity index (χ3v) is 5.40. The zero-order chi connectivity index (χ0) is 20.4. The van der Waals surface area contributed by atoms with Gasteiger partial charge in [-0.25, -0.2) is 9.59 Å². The van der Waals surface area contributed by atoms with E-state index in [-0.39, 0.29) is 30.4 Å². The van der Waals surface area contributed by atoms with Gasteiger partial charge in [0.25, 0.3) is 0 Å². The van der Waals surface area contributed by atoms with Crippen LogP contribution in [0, 0.1) is 0 Å². The van der Waals surface area contributed by atoms with E-state index in [1.54, 1.807) is 9.80 Å². The summed E-state index contributed by atoms with van der Waals surface area (Å²) in [4.78, 5) is 28.6. The van der Waals surface area contributed by atoms with Crippen molar-refractivity contribution in [3.05, 3.63) is 35.9 Å². The molecule has 3 rings (SSSR count). The lowest BCUT2D eigenvalue weighted by molar-refractivity contribution is 0.00157. The van der Waals surface area contributed by atoms with Gasteiger partial charge in [0, 0.05) is 25.7 Å². The average Bonchev–Trinajstić information content (AvgIpc) is 2.95. The molecule has 28 heavy (non-hydrogen) atoms. The SMILES string of the molecule is CC(C)(C)OC(=O)N1CCC2(CC1)CC(N)CN2C(=O)OCc1ccccc1. The minimum atomic E-state index is -0.519. The molecule has 2 saturated heterocycles. The smallest absolute Gasteiger partial charge is 0.410 e. The lowest BCUT2D eigenvalue weighted by Crippen LogP contribution is -2.55. The fraction of sp³-hybridized carbons (Fsp3) is 0.619. The first-order chi connectivity index (χ1) is 13.2. The second kappa shape index (κ2) is 7.99. The van der Waals surface area contributed by atoms with Crippen molar-refractivity contribution in [3.63, 3.8) is 0 Å². The molecule has 7 nitrogen and oxygen atoms in total. The Morgan fingerprint density at radius 3 is 2.39 bits per heavy atom. The van der Waals surface area contributed by atoms with Crippen molar-refractivity contribution >= 4 is 12.2 Å². The fourth-order valence-corrected chi connectivity index (χ4v) is 4.06. The minimum absolute atomic E-state index is 0.0719. The lowest BCUT2D eigenvalue weighted by atomic mass is 9.84. The summed E-state index contributed by atoms with van der Waals surface area (Å²) in [7, 11) is 0. The first kappa shape index (κ1) is 20.5. The van der Waals surface area contributed by atoms with Gasteiger partial charge in [0.05, 0.1) is 5.54 Å². The van der Waals surface area contributed by atoms with Crippen LogP contribution in [0.1, 0.15) is 45.6 Å². The Balaban J connectivity index is 1.60. The van der Waals surface area contributed by atoms with E-state index in [1.165, 1.54) is 0 Å². The van der Waals surface area contributed by atoms with Gasteiger partial charge < -0.3 is 25.0 Å². The number of hydrogen-bond acceptors (Lipinski definition) is 5. The van der Waals surface area contributed by atoms with Crippen molar-refractivity contribution in [1.29, 1.82) is 0 Å². The number of rotatable bonds is 2. The number of piperidine rings is 1. The highest BCUT2D eigenvalue weighted by Crippen LogP contribution is 2.38. The van der Waals surface area contributed by atoms with Crippen molar-refractivity contribution in [2.75, 3.05) is 19.6 Å². The molecule has 0 bridgehead atoms. The van der Waals surface area contributed by atoms with Crippen molar-refractivity contribution in [3.8, 4) is 0 Å². The van der Waals surface area contributed by atoms with Crippen molar-refractivity contribution < 1.29 is 19.1 Å². The molecule has 0 saturated carbocycles. The summed E-state index contributed by atoms with van der Waals surface area (Å²) < 4.78 is 11.0. The normalized spacial score (nSPS) is 21.6. The van der Waals surface area contributed by atoms with Crippen LogP contribution in [-0.4, -0.2) is 58.8 Å². The predicted molar refractivity (Wildman–Crippen MR) is 106 cm³/mol. The highest BCUT2D eigenvalue weighted by Gasteiger charge is 2.49. The Bertz CT molecular complexity index is 693. The lowest BCUT2D eigenvalue weighted by Gasteiger charge is -2.44. The summed E-state index contributed by atoms with van der Waals surface area (Å²) in [6, 6.07) is 9.55. The molecule has 2 heterocycles. The van der Waals surface area contributed by atoms with Crippen LogP contribution < -0.4 is 5.73 Å². The van der Waals surface area contributed by atoms with Gasteiger partial charge in [0.2, 0.25) is 0 Å². The predicted octanol–water partition coefficient (Wildman–Crippen LogP) is 3.13. The molecular formula is C21H31N3O4. The van der Waals surface area contributed by atoms with Gasteiger partial charge in [-0.3, -0.25) is 0 Å². The second-order valence-corrected chi connectivity index (χ2v) is 8.81. The van der Waals surface area contributed by atoms with Crippen molar-refractivity contribution in [1.82, 2.24) is 9.80 Å². The van der Waals surface area contributed by atoms with Gasteiger partial charge in [0.15, 0.2) is 0 Å². The quantitative estimate of drug-likeness (QED) is 0.840. The van der Waals surface area contributed by atoms with Gasteiger partial charge in [0.1, 0.15) is 12.2 Å². The zero-order valence-electron chi connectivity index (χ0n) is 17.0. The summed E-state index contributed by atoms with van der Waals surface area (Å²) in [6.07, 6.45) is 1.46. The maximum atomic E-state index is 12.8. The van der Waals surface area contributed by atoms with E-state index in [2.05, 4.69) is 0 Å². The number of benzene rings is 1. The average molecular weight is 389 g/mol. The van der Waals surface area contributed by atoms with E-state index in [0.717, 1.165) is 12.0 Å². The molecule has 1 unspecified atom stereocenters. The van der Waals surface area contributed by atoms with Crippen LogP contribution in [0.5, 0.6) is 0 Å². The molecule has 0 radical (unpaired) electrons. The molecule has 1 spiro atoms. The minimum Gasteiger partial charge on any atom is -0.445 e. The number of hydrogen-bond donors (Lipinski definition) is 1. The first-order valence-corrected chi connectivity index (χ1v) is 9.90. The molecule has 2 aliphatic heterocycles. The summed E-state index contributed by atoms with van der Waals surface area (Å²) in [5.74, 6) is 0. The van der Waals surface area contributed by atoms with Crippen molar-refractivity contribution in [2.45, 2.75) is 63.8 Å². The Morgan fingerprint density at radius 2 is 1.79 bits per heavy atom. The number of carbonyl (C=O) groups is 2. The van der Waals surface area contributed by atoms with Crippen molar-refractivity contribution in [2.24, 2.45) is 5.73 Å². The van der Waals surface area contributed by atoms with E-state index >= 15 is 0 Å². The Hall–Kier alpha value is -2.28. The molecule has 0 aliphatic carbocycles. The zero-order valence-corrected chi connectivity index (χ0v) is 17.0. The Kier molecular flexibility index (Phi) is 5.84. The van der Waals surface area contributed by atoms with Gasteiger partial charge in [-0.2, -0.15) is 0 Å². The molecule has 0 aromatic heterocycles. The van der Waals surface area contributed by atoms with Gasteiger partial charge in [-0.1, -0.05) is 30.3 Å². The Morgan fingerprint density at radius 1 is 1.14 bits per heavy atom.